The van der Waals surface area contributed by atoms with Crippen molar-refractivity contribution >= 4 is 35.0 Å². The van der Waals surface area contributed by atoms with Crippen LogP contribution < -0.4 is 0 Å². The average Bonchev–Trinajstić information content (AvgIpc) is 3.20. The molecule has 0 radical (unpaired) electrons. The molecule has 3 aromatic rings. The molecule has 0 amide bonds. The molecule has 0 fully saturated rings. The number of nitrogens with zero attached hydrogens (tertiary/aromatic N) is 5. The summed E-state index contributed by atoms with van der Waals surface area (Å²) in [6.45, 7) is 7.04. The second kappa shape index (κ2) is 8.41. The summed E-state index contributed by atoms with van der Waals surface area (Å²) in [4.78, 5) is 0. The third-order valence-electron chi connectivity index (χ3n) is 3.57. The molecule has 26 heavy (non-hydrogen) atoms. The van der Waals surface area contributed by atoms with Gasteiger partial charge in [-0.05, 0) is 24.1 Å². The molecule has 1 aromatic carbocycles. The predicted octanol–water partition coefficient (Wildman–Crippen LogP) is 5.15. The molecule has 0 aliphatic carbocycles. The molecule has 0 spiro atoms. The summed E-state index contributed by atoms with van der Waals surface area (Å²) >= 11 is 13.9. The number of hydrogen-bond acceptors (Lipinski definition) is 6. The van der Waals surface area contributed by atoms with E-state index in [9.17, 15) is 0 Å². The Labute approximate surface area is 166 Å². The van der Waals surface area contributed by atoms with Gasteiger partial charge in [-0.25, -0.2) is 0 Å². The second-order valence-corrected chi connectivity index (χ2v) is 7.95. The Morgan fingerprint density at radius 3 is 2.54 bits per heavy atom. The van der Waals surface area contributed by atoms with Gasteiger partial charge in [0, 0.05) is 23.6 Å². The van der Waals surface area contributed by atoms with Gasteiger partial charge in [-0.2, -0.15) is 0 Å². The van der Waals surface area contributed by atoms with Crippen LogP contribution in [0, 0.1) is 5.92 Å². The van der Waals surface area contributed by atoms with Crippen molar-refractivity contribution in [3.8, 4) is 11.4 Å². The molecule has 9 heteroatoms. The Hall–Kier alpha value is -1.57. The van der Waals surface area contributed by atoms with Gasteiger partial charge in [0.2, 0.25) is 11.8 Å². The summed E-state index contributed by atoms with van der Waals surface area (Å²) in [7, 11) is 0. The predicted molar refractivity (Wildman–Crippen MR) is 104 cm³/mol. The fraction of sp³-hybridized carbons (Fsp3) is 0.412. The van der Waals surface area contributed by atoms with Gasteiger partial charge in [0.15, 0.2) is 11.0 Å². The number of halogens is 2. The molecule has 6 nitrogen and oxygen atoms in total. The van der Waals surface area contributed by atoms with Gasteiger partial charge >= 0.3 is 0 Å². The van der Waals surface area contributed by atoms with E-state index in [0.717, 1.165) is 29.5 Å². The van der Waals surface area contributed by atoms with E-state index in [0.29, 0.717) is 33.5 Å². The molecule has 0 unspecified atom stereocenters. The Morgan fingerprint density at radius 2 is 1.88 bits per heavy atom. The maximum atomic E-state index is 6.37. The summed E-state index contributed by atoms with van der Waals surface area (Å²) in [6.07, 6.45) is 0.723. The minimum absolute atomic E-state index is 0.422. The summed E-state index contributed by atoms with van der Waals surface area (Å²) in [5.41, 5.74) is 0.808. The minimum atomic E-state index is 0.422. The largest absolute Gasteiger partial charge is 0.424 e. The van der Waals surface area contributed by atoms with Gasteiger partial charge in [0.05, 0.1) is 10.8 Å². The fourth-order valence-corrected chi connectivity index (χ4v) is 3.69. The monoisotopic (exact) mass is 411 g/mol. The summed E-state index contributed by atoms with van der Waals surface area (Å²) in [5.74, 6) is 2.90. The highest BCUT2D eigenvalue weighted by atomic mass is 35.5. The van der Waals surface area contributed by atoms with Crippen LogP contribution in [0.1, 0.15) is 32.6 Å². The molecule has 0 saturated carbocycles. The van der Waals surface area contributed by atoms with Crippen molar-refractivity contribution in [3.63, 3.8) is 0 Å². The van der Waals surface area contributed by atoms with Crippen LogP contribution in [-0.4, -0.2) is 25.0 Å². The lowest BCUT2D eigenvalue weighted by Crippen LogP contribution is -2.08. The molecule has 0 aliphatic rings. The van der Waals surface area contributed by atoms with Crippen LogP contribution in [0.25, 0.3) is 11.4 Å². The van der Waals surface area contributed by atoms with Gasteiger partial charge in [-0.3, -0.25) is 0 Å². The molecule has 2 heterocycles. The van der Waals surface area contributed by atoms with Crippen molar-refractivity contribution in [2.45, 2.75) is 44.6 Å². The zero-order valence-electron chi connectivity index (χ0n) is 14.7. The average molecular weight is 412 g/mol. The number of aromatic nitrogens is 5. The van der Waals surface area contributed by atoms with Crippen molar-refractivity contribution < 1.29 is 4.42 Å². The molecule has 138 valence electrons. The second-order valence-electron chi connectivity index (χ2n) is 6.17. The first-order chi connectivity index (χ1) is 12.5. The zero-order chi connectivity index (χ0) is 18.7. The van der Waals surface area contributed by atoms with Gasteiger partial charge in [0.25, 0.3) is 0 Å². The smallest absolute Gasteiger partial charge is 0.226 e. The van der Waals surface area contributed by atoms with Crippen molar-refractivity contribution in [1.82, 2.24) is 25.0 Å². The SMILES string of the molecule is CCc1nnc(CSc2nnc(-c3ccc(Cl)cc3Cl)n2CC(C)C)o1. The van der Waals surface area contributed by atoms with Gasteiger partial charge in [-0.15, -0.1) is 20.4 Å². The summed E-state index contributed by atoms with van der Waals surface area (Å²) in [5, 5.41) is 18.7. The van der Waals surface area contributed by atoms with Gasteiger partial charge < -0.3 is 8.98 Å². The van der Waals surface area contributed by atoms with Crippen LogP contribution in [0.15, 0.2) is 27.8 Å². The van der Waals surface area contributed by atoms with E-state index in [1.165, 1.54) is 11.8 Å². The van der Waals surface area contributed by atoms with Gasteiger partial charge in [-0.1, -0.05) is 55.7 Å². The lowest BCUT2D eigenvalue weighted by atomic mass is 10.2. The highest BCUT2D eigenvalue weighted by Gasteiger charge is 2.18. The third-order valence-corrected chi connectivity index (χ3v) is 5.07. The van der Waals surface area contributed by atoms with Crippen molar-refractivity contribution in [2.75, 3.05) is 0 Å². The number of thioether (sulfide) groups is 1. The van der Waals surface area contributed by atoms with Crippen molar-refractivity contribution in [1.29, 1.82) is 0 Å². The first kappa shape index (κ1) is 19.2. The quantitative estimate of drug-likeness (QED) is 0.500. The van der Waals surface area contributed by atoms with E-state index in [4.69, 9.17) is 27.6 Å². The van der Waals surface area contributed by atoms with E-state index >= 15 is 0 Å². The van der Waals surface area contributed by atoms with E-state index in [2.05, 4.69) is 38.8 Å². The molecule has 2 aromatic heterocycles. The number of benzene rings is 1. The molecule has 0 N–H and O–H groups in total. The van der Waals surface area contributed by atoms with Gasteiger partial charge in [0.1, 0.15) is 0 Å². The molecular formula is C17H19Cl2N5OS. The van der Waals surface area contributed by atoms with Crippen LogP contribution in [0.5, 0.6) is 0 Å². The first-order valence-corrected chi connectivity index (χ1v) is 10.0. The highest BCUT2D eigenvalue weighted by molar-refractivity contribution is 7.98. The fourth-order valence-electron chi connectivity index (χ4n) is 2.41. The zero-order valence-corrected chi connectivity index (χ0v) is 17.1. The Morgan fingerprint density at radius 1 is 1.12 bits per heavy atom. The van der Waals surface area contributed by atoms with Crippen molar-refractivity contribution in [3.05, 3.63) is 40.0 Å². The standard InChI is InChI=1S/C17H19Cl2N5OS/c1-4-14-20-21-15(25-14)9-26-17-23-22-16(24(17)8-10(2)3)12-6-5-11(18)7-13(12)19/h5-7,10H,4,8-9H2,1-3H3. The molecule has 3 rings (SSSR count). The summed E-state index contributed by atoms with van der Waals surface area (Å²) < 4.78 is 7.63. The lowest BCUT2D eigenvalue weighted by molar-refractivity contribution is 0.469. The van der Waals surface area contributed by atoms with Crippen molar-refractivity contribution in [2.24, 2.45) is 5.92 Å². The normalized spacial score (nSPS) is 11.5. The maximum Gasteiger partial charge on any atom is 0.226 e. The highest BCUT2D eigenvalue weighted by Crippen LogP contribution is 2.32. The van der Waals surface area contributed by atoms with E-state index in [1.807, 2.05) is 13.0 Å². The van der Waals surface area contributed by atoms with E-state index in [1.54, 1.807) is 12.1 Å². The van der Waals surface area contributed by atoms with Crippen LogP contribution in [0.2, 0.25) is 10.0 Å². The lowest BCUT2D eigenvalue weighted by Gasteiger charge is -2.13. The van der Waals surface area contributed by atoms with Crippen LogP contribution >= 0.6 is 35.0 Å². The Bertz CT molecular complexity index is 893. The minimum Gasteiger partial charge on any atom is -0.424 e. The first-order valence-electron chi connectivity index (χ1n) is 8.30. The number of rotatable bonds is 7. The third kappa shape index (κ3) is 4.39. The summed E-state index contributed by atoms with van der Waals surface area (Å²) in [6, 6.07) is 5.38. The molecule has 0 atom stereocenters. The van der Waals surface area contributed by atoms with Crippen LogP contribution in [-0.2, 0) is 18.7 Å². The number of aryl methyl sites for hydroxylation is 1. The Kier molecular flexibility index (Phi) is 6.21. The Balaban J connectivity index is 1.89. The molecule has 0 saturated heterocycles. The van der Waals surface area contributed by atoms with Crippen LogP contribution in [0.3, 0.4) is 0 Å². The number of hydrogen-bond donors (Lipinski definition) is 0. The van der Waals surface area contributed by atoms with E-state index in [-0.39, 0.29) is 0 Å². The maximum absolute atomic E-state index is 6.37. The topological polar surface area (TPSA) is 69.6 Å². The molecule has 0 bridgehead atoms. The molecular weight excluding hydrogens is 393 g/mol. The molecule has 0 aliphatic heterocycles. The van der Waals surface area contributed by atoms with Crippen LogP contribution in [0.4, 0.5) is 0 Å². The van der Waals surface area contributed by atoms with E-state index < -0.39 is 0 Å².